The molecule has 3 atom stereocenters. The van der Waals surface area contributed by atoms with Crippen LogP contribution >= 0.6 is 0 Å². The first-order valence-corrected chi connectivity index (χ1v) is 8.07. The van der Waals surface area contributed by atoms with Crippen LogP contribution in [0.15, 0.2) is 49.3 Å². The van der Waals surface area contributed by atoms with E-state index in [0.717, 1.165) is 11.3 Å². The topological polar surface area (TPSA) is 97.9 Å². The number of nitrogens with zero attached hydrogens (tertiary/aromatic N) is 5. The van der Waals surface area contributed by atoms with Crippen molar-refractivity contribution >= 4 is 5.91 Å². The number of benzene rings is 1. The molecule has 8 heteroatoms. The molecule has 0 bridgehead atoms. The van der Waals surface area contributed by atoms with E-state index in [1.54, 1.807) is 40.2 Å². The second kappa shape index (κ2) is 6.14. The minimum absolute atomic E-state index is 0.141. The number of aryl methyl sites for hydroxylation is 1. The van der Waals surface area contributed by atoms with Gasteiger partial charge in [-0.05, 0) is 43.2 Å². The number of carbonyl (C=O) groups excluding carboxylic acids is 1. The molecule has 1 aliphatic carbocycles. The second-order valence-electron chi connectivity index (χ2n) is 6.20. The molecule has 0 aliphatic heterocycles. The SMILES string of the molecule is Cc1cc(C(=O)N[C@H]2C[C@@H](O)[C@@H]2n2cccn2)ccc1-n1cncn1. The van der Waals surface area contributed by atoms with Crippen LogP contribution in [0.2, 0.25) is 0 Å². The molecule has 3 aromatic rings. The Bertz CT molecular complexity index is 875. The minimum Gasteiger partial charge on any atom is -0.391 e. The Labute approximate surface area is 144 Å². The Hall–Kier alpha value is -3.00. The summed E-state index contributed by atoms with van der Waals surface area (Å²) in [5.74, 6) is -0.165. The van der Waals surface area contributed by atoms with Crippen molar-refractivity contribution in [3.05, 3.63) is 60.4 Å². The highest BCUT2D eigenvalue weighted by Crippen LogP contribution is 2.32. The van der Waals surface area contributed by atoms with Crippen LogP contribution in [0.1, 0.15) is 28.4 Å². The Morgan fingerprint density at radius 2 is 2.24 bits per heavy atom. The third-order valence-corrected chi connectivity index (χ3v) is 4.57. The minimum atomic E-state index is -0.498. The maximum absolute atomic E-state index is 12.6. The van der Waals surface area contributed by atoms with Crippen LogP contribution in [0.5, 0.6) is 0 Å². The predicted octanol–water partition coefficient (Wildman–Crippen LogP) is 0.877. The monoisotopic (exact) mass is 338 g/mol. The van der Waals surface area contributed by atoms with Gasteiger partial charge in [-0.3, -0.25) is 9.48 Å². The lowest BCUT2D eigenvalue weighted by atomic mass is 9.83. The third-order valence-electron chi connectivity index (χ3n) is 4.57. The molecule has 4 rings (SSSR count). The fraction of sp³-hybridized carbons (Fsp3) is 0.294. The number of aliphatic hydroxyl groups excluding tert-OH is 1. The number of hydrogen-bond acceptors (Lipinski definition) is 5. The van der Waals surface area contributed by atoms with Gasteiger partial charge in [-0.15, -0.1) is 0 Å². The molecule has 0 radical (unpaired) electrons. The molecular weight excluding hydrogens is 320 g/mol. The van der Waals surface area contributed by atoms with Gasteiger partial charge in [0.15, 0.2) is 0 Å². The molecule has 2 heterocycles. The Morgan fingerprint density at radius 3 is 2.88 bits per heavy atom. The van der Waals surface area contributed by atoms with Crippen LogP contribution in [0.25, 0.3) is 5.69 Å². The molecular formula is C17H18N6O2. The first-order chi connectivity index (χ1) is 12.1. The van der Waals surface area contributed by atoms with Crippen molar-refractivity contribution in [2.45, 2.75) is 31.5 Å². The summed E-state index contributed by atoms with van der Waals surface area (Å²) in [5.41, 5.74) is 2.37. The summed E-state index contributed by atoms with van der Waals surface area (Å²) in [6.45, 7) is 1.92. The van der Waals surface area contributed by atoms with Crippen LogP contribution in [0, 0.1) is 6.92 Å². The normalized spacial score (nSPS) is 22.4. The Morgan fingerprint density at radius 1 is 1.36 bits per heavy atom. The highest BCUT2D eigenvalue weighted by Gasteiger charge is 2.42. The smallest absolute Gasteiger partial charge is 0.251 e. The molecule has 1 aromatic carbocycles. The first kappa shape index (κ1) is 15.5. The van der Waals surface area contributed by atoms with E-state index in [9.17, 15) is 9.90 Å². The van der Waals surface area contributed by atoms with Crippen molar-refractivity contribution in [3.8, 4) is 5.69 Å². The van der Waals surface area contributed by atoms with Gasteiger partial charge in [0.2, 0.25) is 0 Å². The van der Waals surface area contributed by atoms with Gasteiger partial charge in [-0.2, -0.15) is 10.2 Å². The molecule has 0 unspecified atom stereocenters. The van der Waals surface area contributed by atoms with Gasteiger partial charge in [0.25, 0.3) is 5.91 Å². The number of aliphatic hydroxyl groups is 1. The quantitative estimate of drug-likeness (QED) is 0.736. The van der Waals surface area contributed by atoms with Gasteiger partial charge in [-0.1, -0.05) is 0 Å². The van der Waals surface area contributed by atoms with E-state index in [1.165, 1.54) is 6.33 Å². The third kappa shape index (κ3) is 2.80. The average molecular weight is 338 g/mol. The summed E-state index contributed by atoms with van der Waals surface area (Å²) in [5, 5.41) is 21.2. The zero-order valence-corrected chi connectivity index (χ0v) is 13.6. The summed E-state index contributed by atoms with van der Waals surface area (Å²) in [6, 6.07) is 6.87. The fourth-order valence-electron chi connectivity index (χ4n) is 3.21. The zero-order valence-electron chi connectivity index (χ0n) is 13.6. The molecule has 0 saturated heterocycles. The fourth-order valence-corrected chi connectivity index (χ4v) is 3.21. The highest BCUT2D eigenvalue weighted by atomic mass is 16.3. The lowest BCUT2D eigenvalue weighted by molar-refractivity contribution is -0.00588. The molecule has 8 nitrogen and oxygen atoms in total. The van der Waals surface area contributed by atoms with Gasteiger partial charge in [-0.25, -0.2) is 9.67 Å². The number of nitrogens with one attached hydrogen (secondary N) is 1. The summed E-state index contributed by atoms with van der Waals surface area (Å²) in [7, 11) is 0. The van der Waals surface area contributed by atoms with E-state index >= 15 is 0 Å². The molecule has 0 spiro atoms. The number of amides is 1. The summed E-state index contributed by atoms with van der Waals surface area (Å²) < 4.78 is 3.35. The van der Waals surface area contributed by atoms with Crippen molar-refractivity contribution in [2.75, 3.05) is 0 Å². The molecule has 1 saturated carbocycles. The van der Waals surface area contributed by atoms with E-state index in [4.69, 9.17) is 0 Å². The van der Waals surface area contributed by atoms with Crippen molar-refractivity contribution in [2.24, 2.45) is 0 Å². The molecule has 25 heavy (non-hydrogen) atoms. The molecule has 2 aromatic heterocycles. The average Bonchev–Trinajstić information content (AvgIpc) is 3.27. The summed E-state index contributed by atoms with van der Waals surface area (Å²) in [6.07, 6.45) is 6.57. The maximum atomic E-state index is 12.6. The standard InChI is InChI=1S/C17H18N6O2/c1-11-7-12(3-4-14(11)23-10-18-9-20-23)17(25)21-13-8-15(24)16(13)22-6-2-5-19-22/h2-7,9-10,13,15-16,24H,8H2,1H3,(H,21,25)/t13-,15+,16+/m0/s1. The summed E-state index contributed by atoms with van der Waals surface area (Å²) in [4.78, 5) is 16.5. The van der Waals surface area contributed by atoms with Crippen molar-refractivity contribution in [3.63, 3.8) is 0 Å². The van der Waals surface area contributed by atoms with Crippen LogP contribution in [-0.4, -0.2) is 47.7 Å². The number of hydrogen-bond donors (Lipinski definition) is 2. The van der Waals surface area contributed by atoms with Gasteiger partial charge in [0.1, 0.15) is 12.7 Å². The Kier molecular flexibility index (Phi) is 3.81. The zero-order chi connectivity index (χ0) is 17.4. The largest absolute Gasteiger partial charge is 0.391 e. The van der Waals surface area contributed by atoms with Gasteiger partial charge in [0, 0.05) is 18.0 Å². The van der Waals surface area contributed by atoms with Gasteiger partial charge < -0.3 is 10.4 Å². The maximum Gasteiger partial charge on any atom is 0.251 e. The van der Waals surface area contributed by atoms with Crippen molar-refractivity contribution in [1.29, 1.82) is 0 Å². The first-order valence-electron chi connectivity index (χ1n) is 8.07. The van der Waals surface area contributed by atoms with E-state index in [0.29, 0.717) is 12.0 Å². The van der Waals surface area contributed by atoms with Crippen molar-refractivity contribution < 1.29 is 9.90 Å². The van der Waals surface area contributed by atoms with E-state index in [2.05, 4.69) is 20.5 Å². The number of carbonyl (C=O) groups is 1. The Balaban J connectivity index is 1.49. The van der Waals surface area contributed by atoms with Crippen molar-refractivity contribution in [1.82, 2.24) is 29.9 Å². The van der Waals surface area contributed by atoms with Crippen LogP contribution in [-0.2, 0) is 0 Å². The summed E-state index contributed by atoms with van der Waals surface area (Å²) >= 11 is 0. The highest BCUT2D eigenvalue weighted by molar-refractivity contribution is 5.95. The van der Waals surface area contributed by atoms with Gasteiger partial charge in [0.05, 0.1) is 23.9 Å². The van der Waals surface area contributed by atoms with Crippen LogP contribution in [0.3, 0.4) is 0 Å². The number of aromatic nitrogens is 5. The van der Waals surface area contributed by atoms with E-state index < -0.39 is 6.10 Å². The molecule has 1 amide bonds. The molecule has 128 valence electrons. The number of rotatable bonds is 4. The predicted molar refractivity (Wildman–Crippen MR) is 89.2 cm³/mol. The van der Waals surface area contributed by atoms with Crippen LogP contribution < -0.4 is 5.32 Å². The molecule has 2 N–H and O–H groups in total. The lowest BCUT2D eigenvalue weighted by Crippen LogP contribution is -2.56. The second-order valence-corrected chi connectivity index (χ2v) is 6.20. The van der Waals surface area contributed by atoms with Gasteiger partial charge >= 0.3 is 0 Å². The molecule has 1 fully saturated rings. The molecule has 1 aliphatic rings. The van der Waals surface area contributed by atoms with Crippen LogP contribution in [0.4, 0.5) is 0 Å². The lowest BCUT2D eigenvalue weighted by Gasteiger charge is -2.41. The van der Waals surface area contributed by atoms with E-state index in [-0.39, 0.29) is 18.0 Å². The van der Waals surface area contributed by atoms with E-state index in [1.807, 2.05) is 19.1 Å².